The van der Waals surface area contributed by atoms with Crippen molar-refractivity contribution in [2.45, 2.75) is 12.8 Å². The number of pyridine rings is 1. The van der Waals surface area contributed by atoms with Crippen molar-refractivity contribution in [1.29, 1.82) is 0 Å². The van der Waals surface area contributed by atoms with Crippen LogP contribution in [0.15, 0.2) is 54.7 Å². The molecule has 0 bridgehead atoms. The number of ketones is 1. The minimum absolute atomic E-state index is 0.147. The first-order valence-corrected chi connectivity index (χ1v) is 8.39. The van der Waals surface area contributed by atoms with Gasteiger partial charge < -0.3 is 9.67 Å². The van der Waals surface area contributed by atoms with Crippen LogP contribution in [0.1, 0.15) is 38.9 Å². The van der Waals surface area contributed by atoms with Gasteiger partial charge in [0.05, 0.1) is 16.3 Å². The first kappa shape index (κ1) is 19.0. The van der Waals surface area contributed by atoms with E-state index in [0.717, 1.165) is 11.8 Å². The molecule has 0 radical (unpaired) electrons. The Kier molecular flexibility index (Phi) is 5.04. The fraction of sp³-hybridized carbons (Fsp3) is 0.150. The number of rotatable bonds is 6. The first-order valence-electron chi connectivity index (χ1n) is 8.39. The third-order valence-corrected chi connectivity index (χ3v) is 4.53. The fourth-order valence-corrected chi connectivity index (χ4v) is 2.98. The van der Waals surface area contributed by atoms with Gasteiger partial charge in [0.15, 0.2) is 0 Å². The molecule has 0 spiro atoms. The molecule has 8 heteroatoms. The molecule has 2 heterocycles. The van der Waals surface area contributed by atoms with Gasteiger partial charge in [-0.25, -0.2) is 0 Å². The van der Waals surface area contributed by atoms with Gasteiger partial charge in [-0.1, -0.05) is 29.8 Å². The number of carboxylic acid groups (broad SMARTS) is 1. The number of aliphatic carboxylic acids is 1. The number of nitrogens with zero attached hydrogens (tertiary/aromatic N) is 3. The molecule has 0 aliphatic heterocycles. The Labute approximate surface area is 160 Å². The smallest absolute Gasteiger partial charge is 0.318 e. The van der Waals surface area contributed by atoms with Crippen molar-refractivity contribution in [3.05, 3.63) is 93.1 Å². The lowest BCUT2D eigenvalue weighted by Gasteiger charge is -2.14. The molecule has 0 aliphatic rings. The van der Waals surface area contributed by atoms with Gasteiger partial charge >= 0.3 is 5.97 Å². The van der Waals surface area contributed by atoms with E-state index in [4.69, 9.17) is 0 Å². The zero-order valence-corrected chi connectivity index (χ0v) is 15.2. The largest absolute Gasteiger partial charge is 0.480 e. The Morgan fingerprint density at radius 1 is 1.11 bits per heavy atom. The van der Waals surface area contributed by atoms with Crippen LogP contribution in [0.25, 0.3) is 0 Å². The van der Waals surface area contributed by atoms with Crippen molar-refractivity contribution < 1.29 is 19.6 Å². The highest BCUT2D eigenvalue weighted by atomic mass is 16.6. The molecular formula is C20H17N3O5. The summed E-state index contributed by atoms with van der Waals surface area (Å²) >= 11 is 0. The number of hydrogen-bond acceptors (Lipinski definition) is 5. The highest BCUT2D eigenvalue weighted by Crippen LogP contribution is 2.27. The molecule has 2 aromatic heterocycles. The summed E-state index contributed by atoms with van der Waals surface area (Å²) in [5.74, 6) is -2.56. The molecule has 0 aliphatic carbocycles. The molecule has 1 atom stereocenters. The Hall–Kier alpha value is -3.81. The van der Waals surface area contributed by atoms with Crippen molar-refractivity contribution in [1.82, 2.24) is 9.55 Å². The van der Waals surface area contributed by atoms with Crippen LogP contribution in [0, 0.1) is 17.0 Å². The summed E-state index contributed by atoms with van der Waals surface area (Å²) in [6.45, 7) is 1.92. The fourth-order valence-electron chi connectivity index (χ4n) is 2.98. The molecule has 1 N–H and O–H groups in total. The monoisotopic (exact) mass is 379 g/mol. The molecule has 0 saturated carbocycles. The number of benzene rings is 1. The number of aryl methyl sites for hydroxylation is 1. The molecule has 142 valence electrons. The van der Waals surface area contributed by atoms with Gasteiger partial charge in [-0.05, 0) is 25.1 Å². The molecule has 0 saturated heterocycles. The molecule has 1 unspecified atom stereocenters. The summed E-state index contributed by atoms with van der Waals surface area (Å²) in [6.07, 6.45) is 1.02. The maximum absolute atomic E-state index is 12.8. The number of carbonyl (C=O) groups excluding carboxylic acids is 1. The van der Waals surface area contributed by atoms with Crippen molar-refractivity contribution in [2.24, 2.45) is 7.05 Å². The predicted molar refractivity (Wildman–Crippen MR) is 100 cm³/mol. The second-order valence-electron chi connectivity index (χ2n) is 6.37. The lowest BCUT2D eigenvalue weighted by atomic mass is 10.0. The van der Waals surface area contributed by atoms with Crippen LogP contribution < -0.4 is 0 Å². The normalized spacial score (nSPS) is 11.8. The third kappa shape index (κ3) is 3.52. The van der Waals surface area contributed by atoms with Crippen LogP contribution in [-0.2, 0) is 11.8 Å². The predicted octanol–water partition coefficient (Wildman–Crippen LogP) is 3.08. The van der Waals surface area contributed by atoms with Crippen LogP contribution in [0.2, 0.25) is 0 Å². The minimum Gasteiger partial charge on any atom is -0.480 e. The molecule has 0 amide bonds. The Bertz CT molecular complexity index is 1050. The van der Waals surface area contributed by atoms with Crippen LogP contribution in [-0.4, -0.2) is 31.3 Å². The molecule has 28 heavy (non-hydrogen) atoms. The molecule has 0 fully saturated rings. The van der Waals surface area contributed by atoms with E-state index in [9.17, 15) is 24.8 Å². The van der Waals surface area contributed by atoms with Gasteiger partial charge in [0.2, 0.25) is 5.78 Å². The zero-order valence-electron chi connectivity index (χ0n) is 15.2. The summed E-state index contributed by atoms with van der Waals surface area (Å²) in [4.78, 5) is 38.8. The molecule has 1 aromatic carbocycles. The Balaban J connectivity index is 1.99. The van der Waals surface area contributed by atoms with Gasteiger partial charge in [0.1, 0.15) is 12.1 Å². The van der Waals surface area contributed by atoms with E-state index < -0.39 is 16.8 Å². The standard InChI is InChI=1S/C20H17N3O5/c1-12-3-5-13(6-4-12)19(24)17-10-9-16(22(17)2)18(20(25)26)15-8-7-14(11-21-15)23(27)28/h3-11,18H,1-2H3,(H,25,26). The quantitative estimate of drug-likeness (QED) is 0.400. The van der Waals surface area contributed by atoms with Crippen LogP contribution in [0.5, 0.6) is 0 Å². The van der Waals surface area contributed by atoms with E-state index in [1.54, 1.807) is 31.3 Å². The van der Waals surface area contributed by atoms with Crippen LogP contribution in [0.4, 0.5) is 5.69 Å². The summed E-state index contributed by atoms with van der Waals surface area (Å²) in [5, 5.41) is 20.5. The van der Waals surface area contributed by atoms with Crippen molar-refractivity contribution in [3.8, 4) is 0 Å². The van der Waals surface area contributed by atoms with Crippen LogP contribution in [0.3, 0.4) is 0 Å². The van der Waals surface area contributed by atoms with Crippen LogP contribution >= 0.6 is 0 Å². The molecule has 8 nitrogen and oxygen atoms in total. The van der Waals surface area contributed by atoms with Gasteiger partial charge in [0.25, 0.3) is 5.69 Å². The van der Waals surface area contributed by atoms with Crippen molar-refractivity contribution >= 4 is 17.4 Å². The summed E-state index contributed by atoms with van der Waals surface area (Å²) in [5.41, 5.74) is 2.14. The average molecular weight is 379 g/mol. The van der Waals surface area contributed by atoms with E-state index in [1.807, 2.05) is 19.1 Å². The van der Waals surface area contributed by atoms with E-state index >= 15 is 0 Å². The summed E-state index contributed by atoms with van der Waals surface area (Å²) in [6, 6.07) is 12.7. The number of carbonyl (C=O) groups is 2. The zero-order chi connectivity index (χ0) is 20.4. The van der Waals surface area contributed by atoms with E-state index in [-0.39, 0.29) is 17.2 Å². The lowest BCUT2D eigenvalue weighted by Crippen LogP contribution is -2.19. The van der Waals surface area contributed by atoms with Gasteiger partial charge in [-0.15, -0.1) is 0 Å². The average Bonchev–Trinajstić information content (AvgIpc) is 3.03. The maximum Gasteiger partial charge on any atom is 0.318 e. The van der Waals surface area contributed by atoms with Crippen molar-refractivity contribution in [3.63, 3.8) is 0 Å². The second-order valence-corrected chi connectivity index (χ2v) is 6.37. The highest BCUT2D eigenvalue weighted by Gasteiger charge is 2.28. The molecular weight excluding hydrogens is 362 g/mol. The van der Waals surface area contributed by atoms with Gasteiger partial charge in [0, 0.05) is 24.4 Å². The maximum atomic E-state index is 12.8. The number of hydrogen-bond donors (Lipinski definition) is 1. The van der Waals surface area contributed by atoms with E-state index in [1.165, 1.54) is 16.7 Å². The summed E-state index contributed by atoms with van der Waals surface area (Å²) in [7, 11) is 1.61. The lowest BCUT2D eigenvalue weighted by molar-refractivity contribution is -0.385. The number of carboxylic acids is 1. The highest BCUT2D eigenvalue weighted by molar-refractivity contribution is 6.08. The number of nitro groups is 1. The van der Waals surface area contributed by atoms with Gasteiger partial charge in [-0.2, -0.15) is 0 Å². The minimum atomic E-state index is -1.17. The Morgan fingerprint density at radius 2 is 1.79 bits per heavy atom. The Morgan fingerprint density at radius 3 is 2.32 bits per heavy atom. The second kappa shape index (κ2) is 7.43. The van der Waals surface area contributed by atoms with E-state index in [0.29, 0.717) is 17.0 Å². The molecule has 3 rings (SSSR count). The number of aromatic nitrogens is 2. The van der Waals surface area contributed by atoms with E-state index in [2.05, 4.69) is 4.98 Å². The van der Waals surface area contributed by atoms with Gasteiger partial charge in [-0.3, -0.25) is 24.7 Å². The summed E-state index contributed by atoms with van der Waals surface area (Å²) < 4.78 is 1.52. The third-order valence-electron chi connectivity index (χ3n) is 4.53. The topological polar surface area (TPSA) is 115 Å². The SMILES string of the molecule is Cc1ccc(C(=O)c2ccc(C(C(=O)O)c3ccc([N+](=O)[O-])cn3)n2C)cc1. The first-order chi connectivity index (χ1) is 13.3. The molecule has 3 aromatic rings. The van der Waals surface area contributed by atoms with Crippen molar-refractivity contribution in [2.75, 3.05) is 0 Å².